The highest BCUT2D eigenvalue weighted by molar-refractivity contribution is 5.80. The predicted molar refractivity (Wildman–Crippen MR) is 96.3 cm³/mol. The number of nitrogens with zero attached hydrogens (tertiary/aromatic N) is 4. The van der Waals surface area contributed by atoms with Crippen LogP contribution in [-0.4, -0.2) is 32.5 Å². The van der Waals surface area contributed by atoms with Gasteiger partial charge in [-0.25, -0.2) is 14.5 Å². The van der Waals surface area contributed by atoms with Crippen LogP contribution < -0.4 is 5.73 Å². The molecule has 0 atom stereocenters. The molecule has 7 heteroatoms. The van der Waals surface area contributed by atoms with Gasteiger partial charge in [-0.3, -0.25) is 4.90 Å². The van der Waals surface area contributed by atoms with Crippen LogP contribution >= 0.6 is 0 Å². The van der Waals surface area contributed by atoms with E-state index >= 15 is 0 Å². The molecule has 0 fully saturated rings. The Bertz CT molecular complexity index is 832. The van der Waals surface area contributed by atoms with Gasteiger partial charge in [0.2, 0.25) is 5.95 Å². The molecular formula is C18H23N5O2. The molecular weight excluding hydrogens is 318 g/mol. The number of benzene rings is 1. The van der Waals surface area contributed by atoms with E-state index in [1.807, 2.05) is 45.9 Å². The second kappa shape index (κ2) is 6.23. The number of anilines is 1. The number of nitrogens with two attached hydrogens (primary N) is 1. The third-order valence-corrected chi connectivity index (χ3v) is 3.77. The van der Waals surface area contributed by atoms with E-state index in [1.165, 1.54) is 4.68 Å². The number of hydrogen-bond donors (Lipinski definition) is 1. The average molecular weight is 341 g/mol. The first-order valence-electron chi connectivity index (χ1n) is 8.17. The zero-order chi connectivity index (χ0) is 18.2. The molecule has 0 aliphatic carbocycles. The van der Waals surface area contributed by atoms with Crippen molar-refractivity contribution < 1.29 is 9.53 Å². The molecule has 1 aliphatic rings. The van der Waals surface area contributed by atoms with E-state index in [1.54, 1.807) is 17.3 Å². The van der Waals surface area contributed by atoms with Crippen LogP contribution in [0, 0.1) is 6.92 Å². The summed E-state index contributed by atoms with van der Waals surface area (Å²) < 4.78 is 6.98. The fourth-order valence-corrected chi connectivity index (χ4v) is 2.68. The van der Waals surface area contributed by atoms with Gasteiger partial charge in [0.15, 0.2) is 0 Å². The maximum absolute atomic E-state index is 12.2. The molecule has 0 unspecified atom stereocenters. The lowest BCUT2D eigenvalue weighted by molar-refractivity contribution is 0.0242. The van der Waals surface area contributed by atoms with Gasteiger partial charge in [-0.05, 0) is 50.5 Å². The van der Waals surface area contributed by atoms with Crippen LogP contribution in [0.15, 0.2) is 29.5 Å². The zero-order valence-electron chi connectivity index (χ0n) is 15.0. The van der Waals surface area contributed by atoms with E-state index in [2.05, 4.69) is 10.1 Å². The van der Waals surface area contributed by atoms with Gasteiger partial charge in [0.1, 0.15) is 5.60 Å². The second-order valence-corrected chi connectivity index (χ2v) is 7.19. The standard InChI is InChI=1S/C18H23N5O2/c1-12-9-23(16(19)21-12)20-8-13-5-6-14-10-22(11-15(14)7-13)17(24)25-18(2,3)4/h5-9H,10-11H2,1-4H3,(H2,19,21). The molecule has 0 saturated carbocycles. The molecule has 2 heterocycles. The molecule has 0 bridgehead atoms. The molecule has 0 spiro atoms. The van der Waals surface area contributed by atoms with Crippen LogP contribution in [0.5, 0.6) is 0 Å². The summed E-state index contributed by atoms with van der Waals surface area (Å²) in [4.78, 5) is 18.0. The van der Waals surface area contributed by atoms with Crippen LogP contribution in [0.3, 0.4) is 0 Å². The third kappa shape index (κ3) is 3.99. The summed E-state index contributed by atoms with van der Waals surface area (Å²) in [5.41, 5.74) is 9.27. The molecule has 2 N–H and O–H groups in total. The number of carbonyl (C=O) groups excluding carboxylic acids is 1. The number of carbonyl (C=O) groups is 1. The maximum Gasteiger partial charge on any atom is 0.410 e. The normalized spacial score (nSPS) is 14.2. The molecule has 1 aromatic heterocycles. The average Bonchev–Trinajstić information content (AvgIpc) is 3.05. The van der Waals surface area contributed by atoms with E-state index in [4.69, 9.17) is 10.5 Å². The third-order valence-electron chi connectivity index (χ3n) is 3.77. The van der Waals surface area contributed by atoms with Crippen LogP contribution in [0.4, 0.5) is 10.7 Å². The number of amides is 1. The van der Waals surface area contributed by atoms with Crippen molar-refractivity contribution in [2.75, 3.05) is 5.73 Å². The van der Waals surface area contributed by atoms with Gasteiger partial charge in [-0.15, -0.1) is 0 Å². The van der Waals surface area contributed by atoms with Crippen molar-refractivity contribution in [2.24, 2.45) is 5.10 Å². The minimum Gasteiger partial charge on any atom is -0.444 e. The Morgan fingerprint density at radius 1 is 1.32 bits per heavy atom. The fraction of sp³-hybridized carbons (Fsp3) is 0.389. The van der Waals surface area contributed by atoms with E-state index in [9.17, 15) is 4.79 Å². The van der Waals surface area contributed by atoms with E-state index in [-0.39, 0.29) is 6.09 Å². The first-order chi connectivity index (χ1) is 11.7. The summed E-state index contributed by atoms with van der Waals surface area (Å²) in [5.74, 6) is 0.353. The molecule has 0 radical (unpaired) electrons. The fourth-order valence-electron chi connectivity index (χ4n) is 2.68. The Morgan fingerprint density at radius 2 is 2.04 bits per heavy atom. The lowest BCUT2D eigenvalue weighted by Gasteiger charge is -2.24. The number of fused-ring (bicyclic) bond motifs is 1. The van der Waals surface area contributed by atoms with Gasteiger partial charge >= 0.3 is 6.09 Å². The Hall–Kier alpha value is -2.83. The quantitative estimate of drug-likeness (QED) is 0.851. The van der Waals surface area contributed by atoms with Crippen molar-refractivity contribution in [1.82, 2.24) is 14.6 Å². The number of ether oxygens (including phenoxy) is 1. The number of aryl methyl sites for hydroxylation is 1. The molecule has 3 rings (SSSR count). The van der Waals surface area contributed by atoms with Crippen molar-refractivity contribution in [3.05, 3.63) is 46.8 Å². The summed E-state index contributed by atoms with van der Waals surface area (Å²) in [6.07, 6.45) is 3.21. The topological polar surface area (TPSA) is 85.7 Å². The molecule has 1 amide bonds. The van der Waals surface area contributed by atoms with Crippen molar-refractivity contribution >= 4 is 18.3 Å². The predicted octanol–water partition coefficient (Wildman–Crippen LogP) is 2.91. The minimum absolute atomic E-state index is 0.291. The lowest BCUT2D eigenvalue weighted by atomic mass is 10.1. The van der Waals surface area contributed by atoms with Crippen molar-refractivity contribution in [1.29, 1.82) is 0 Å². The number of rotatable bonds is 2. The first-order valence-corrected chi connectivity index (χ1v) is 8.17. The molecule has 7 nitrogen and oxygen atoms in total. The SMILES string of the molecule is Cc1cn(N=Cc2ccc3c(c2)CN(C(=O)OC(C)(C)C)C3)c(N)n1. The monoisotopic (exact) mass is 341 g/mol. The summed E-state index contributed by atoms with van der Waals surface area (Å²) >= 11 is 0. The molecule has 0 saturated heterocycles. The summed E-state index contributed by atoms with van der Waals surface area (Å²) in [5, 5.41) is 4.32. The Balaban J connectivity index is 1.72. The molecule has 1 aliphatic heterocycles. The van der Waals surface area contributed by atoms with Crippen molar-refractivity contribution in [2.45, 2.75) is 46.4 Å². The van der Waals surface area contributed by atoms with Crippen molar-refractivity contribution in [3.8, 4) is 0 Å². The molecule has 25 heavy (non-hydrogen) atoms. The van der Waals surface area contributed by atoms with Crippen LogP contribution in [0.2, 0.25) is 0 Å². The highest BCUT2D eigenvalue weighted by atomic mass is 16.6. The number of imidazole rings is 1. The van der Waals surface area contributed by atoms with Crippen LogP contribution in [-0.2, 0) is 17.8 Å². The maximum atomic E-state index is 12.2. The van der Waals surface area contributed by atoms with Gasteiger partial charge in [0, 0.05) is 13.1 Å². The van der Waals surface area contributed by atoms with Gasteiger partial charge in [0.05, 0.1) is 18.1 Å². The van der Waals surface area contributed by atoms with E-state index < -0.39 is 5.60 Å². The summed E-state index contributed by atoms with van der Waals surface area (Å²) in [6.45, 7) is 8.57. The molecule has 132 valence electrons. The summed E-state index contributed by atoms with van der Waals surface area (Å²) in [7, 11) is 0. The van der Waals surface area contributed by atoms with Gasteiger partial charge in [0.25, 0.3) is 0 Å². The number of nitrogen functional groups attached to an aromatic ring is 1. The minimum atomic E-state index is -0.494. The second-order valence-electron chi connectivity index (χ2n) is 7.19. The number of hydrogen-bond acceptors (Lipinski definition) is 5. The lowest BCUT2D eigenvalue weighted by Crippen LogP contribution is -2.33. The smallest absolute Gasteiger partial charge is 0.410 e. The Morgan fingerprint density at radius 3 is 2.68 bits per heavy atom. The molecule has 1 aromatic carbocycles. The summed E-state index contributed by atoms with van der Waals surface area (Å²) in [6, 6.07) is 6.02. The van der Waals surface area contributed by atoms with E-state index in [0.717, 1.165) is 22.4 Å². The number of aromatic nitrogens is 2. The van der Waals surface area contributed by atoms with E-state index in [0.29, 0.717) is 19.0 Å². The molecule has 2 aromatic rings. The van der Waals surface area contributed by atoms with Crippen molar-refractivity contribution in [3.63, 3.8) is 0 Å². The van der Waals surface area contributed by atoms with Gasteiger partial charge < -0.3 is 10.5 Å². The zero-order valence-corrected chi connectivity index (χ0v) is 15.0. The van der Waals surface area contributed by atoms with Gasteiger partial charge in [-0.1, -0.05) is 12.1 Å². The highest BCUT2D eigenvalue weighted by Crippen LogP contribution is 2.25. The largest absolute Gasteiger partial charge is 0.444 e. The first kappa shape index (κ1) is 17.0. The Kier molecular flexibility index (Phi) is 4.24. The Labute approximate surface area is 147 Å². The van der Waals surface area contributed by atoms with Crippen LogP contribution in [0.25, 0.3) is 0 Å². The van der Waals surface area contributed by atoms with Gasteiger partial charge in [-0.2, -0.15) is 5.10 Å². The van der Waals surface area contributed by atoms with Crippen LogP contribution in [0.1, 0.15) is 43.2 Å². The highest BCUT2D eigenvalue weighted by Gasteiger charge is 2.27.